The summed E-state index contributed by atoms with van der Waals surface area (Å²) in [4.78, 5) is 11.6. The molecule has 0 radical (unpaired) electrons. The summed E-state index contributed by atoms with van der Waals surface area (Å²) in [6, 6.07) is 16.5. The smallest absolute Gasteiger partial charge is 0.338 e. The van der Waals surface area contributed by atoms with Gasteiger partial charge in [0.25, 0.3) is 0 Å². The lowest BCUT2D eigenvalue weighted by atomic mass is 10.2. The lowest BCUT2D eigenvalue weighted by Gasteiger charge is -2.08. The number of sulfone groups is 1. The molecule has 3 aromatic carbocycles. The quantitative estimate of drug-likeness (QED) is 0.487. The van der Waals surface area contributed by atoms with Crippen LogP contribution in [0.3, 0.4) is 0 Å². The Hall–Kier alpha value is -3.06. The standard InChI is InChI=1S/C20H14F2O4S/c21-18-10-9-17(12-19(18)22)27(24,25)16-8-4-7-15(11-16)20(23)26-13-14-5-2-1-3-6-14/h1-12H,13H2. The number of esters is 1. The van der Waals surface area contributed by atoms with Gasteiger partial charge in [-0.15, -0.1) is 0 Å². The molecule has 0 spiro atoms. The summed E-state index contributed by atoms with van der Waals surface area (Å²) in [6.45, 7) is 0.0415. The van der Waals surface area contributed by atoms with E-state index in [4.69, 9.17) is 4.74 Å². The van der Waals surface area contributed by atoms with Crippen LogP contribution in [0.4, 0.5) is 8.78 Å². The molecule has 0 atom stereocenters. The van der Waals surface area contributed by atoms with Gasteiger partial charge in [-0.25, -0.2) is 22.0 Å². The van der Waals surface area contributed by atoms with Crippen molar-refractivity contribution < 1.29 is 26.7 Å². The van der Waals surface area contributed by atoms with Crippen LogP contribution in [0.5, 0.6) is 0 Å². The molecule has 0 bridgehead atoms. The molecule has 0 aliphatic rings. The minimum Gasteiger partial charge on any atom is -0.457 e. The summed E-state index contributed by atoms with van der Waals surface area (Å²) in [7, 11) is -4.12. The van der Waals surface area contributed by atoms with Crippen LogP contribution in [0.1, 0.15) is 15.9 Å². The van der Waals surface area contributed by atoms with Gasteiger partial charge in [0, 0.05) is 0 Å². The van der Waals surface area contributed by atoms with Crippen LogP contribution in [0.2, 0.25) is 0 Å². The maximum Gasteiger partial charge on any atom is 0.338 e. The zero-order valence-corrected chi connectivity index (χ0v) is 14.7. The summed E-state index contributed by atoms with van der Waals surface area (Å²) in [5, 5.41) is 0. The number of carbonyl (C=O) groups is 1. The molecular weight excluding hydrogens is 374 g/mol. The molecule has 0 unspecified atom stereocenters. The highest BCUT2D eigenvalue weighted by Crippen LogP contribution is 2.23. The zero-order chi connectivity index (χ0) is 19.4. The first-order valence-electron chi connectivity index (χ1n) is 7.89. The van der Waals surface area contributed by atoms with Crippen molar-refractivity contribution >= 4 is 15.8 Å². The van der Waals surface area contributed by atoms with E-state index in [0.29, 0.717) is 6.07 Å². The molecule has 0 aliphatic carbocycles. The second kappa shape index (κ2) is 7.67. The predicted octanol–water partition coefficient (Wildman–Crippen LogP) is 4.15. The van der Waals surface area contributed by atoms with E-state index < -0.39 is 32.3 Å². The van der Waals surface area contributed by atoms with Crippen molar-refractivity contribution in [3.05, 3.63) is 95.6 Å². The van der Waals surface area contributed by atoms with Gasteiger partial charge in [-0.2, -0.15) is 0 Å². The number of carbonyl (C=O) groups excluding carboxylic acids is 1. The Labute approximate surface area is 155 Å². The average Bonchev–Trinajstić information content (AvgIpc) is 2.69. The number of hydrogen-bond acceptors (Lipinski definition) is 4. The van der Waals surface area contributed by atoms with Gasteiger partial charge in [0.05, 0.1) is 15.4 Å². The maximum absolute atomic E-state index is 13.4. The number of rotatable bonds is 5. The molecule has 0 heterocycles. The van der Waals surface area contributed by atoms with E-state index in [1.807, 2.05) is 6.07 Å². The highest BCUT2D eigenvalue weighted by atomic mass is 32.2. The van der Waals surface area contributed by atoms with Crippen LogP contribution in [0, 0.1) is 11.6 Å². The summed E-state index contributed by atoms with van der Waals surface area (Å²) in [5.41, 5.74) is 0.825. The van der Waals surface area contributed by atoms with E-state index >= 15 is 0 Å². The van der Waals surface area contributed by atoms with Crippen molar-refractivity contribution in [3.63, 3.8) is 0 Å². The van der Waals surface area contributed by atoms with E-state index in [1.165, 1.54) is 18.2 Å². The van der Waals surface area contributed by atoms with Gasteiger partial charge < -0.3 is 4.74 Å². The molecule has 138 valence electrons. The summed E-state index contributed by atoms with van der Waals surface area (Å²) in [5.74, 6) is -3.11. The molecule has 7 heteroatoms. The van der Waals surface area contributed by atoms with Gasteiger partial charge in [0.2, 0.25) is 9.84 Å². The molecular formula is C20H14F2O4S. The number of ether oxygens (including phenoxy) is 1. The van der Waals surface area contributed by atoms with Crippen molar-refractivity contribution in [2.45, 2.75) is 16.4 Å². The Balaban J connectivity index is 1.84. The van der Waals surface area contributed by atoms with E-state index in [0.717, 1.165) is 23.8 Å². The Morgan fingerprint density at radius 2 is 1.52 bits per heavy atom. The fourth-order valence-electron chi connectivity index (χ4n) is 2.38. The van der Waals surface area contributed by atoms with Gasteiger partial charge in [-0.05, 0) is 42.0 Å². The second-order valence-electron chi connectivity index (χ2n) is 5.67. The second-order valence-corrected chi connectivity index (χ2v) is 7.62. The third-order valence-corrected chi connectivity index (χ3v) is 5.54. The maximum atomic E-state index is 13.4. The van der Waals surface area contributed by atoms with Gasteiger partial charge in [-0.3, -0.25) is 0 Å². The van der Waals surface area contributed by atoms with Crippen LogP contribution >= 0.6 is 0 Å². The number of benzene rings is 3. The molecule has 0 saturated heterocycles. The molecule has 0 amide bonds. The highest BCUT2D eigenvalue weighted by molar-refractivity contribution is 7.91. The van der Waals surface area contributed by atoms with Crippen molar-refractivity contribution in [1.29, 1.82) is 0 Å². The first-order valence-corrected chi connectivity index (χ1v) is 9.37. The van der Waals surface area contributed by atoms with Gasteiger partial charge in [-0.1, -0.05) is 36.4 Å². The van der Waals surface area contributed by atoms with Crippen molar-refractivity contribution in [2.75, 3.05) is 0 Å². The van der Waals surface area contributed by atoms with E-state index in [-0.39, 0.29) is 17.1 Å². The number of hydrogen-bond donors (Lipinski definition) is 0. The summed E-state index contributed by atoms with van der Waals surface area (Å²) >= 11 is 0. The highest BCUT2D eigenvalue weighted by Gasteiger charge is 2.21. The normalized spacial score (nSPS) is 11.2. The van der Waals surface area contributed by atoms with E-state index in [9.17, 15) is 22.0 Å². The Morgan fingerprint density at radius 1 is 0.815 bits per heavy atom. The fraction of sp³-hybridized carbons (Fsp3) is 0.0500. The molecule has 0 saturated carbocycles. The van der Waals surface area contributed by atoms with Gasteiger partial charge in [0.1, 0.15) is 6.61 Å². The lowest BCUT2D eigenvalue weighted by molar-refractivity contribution is 0.0472. The Morgan fingerprint density at radius 3 is 2.22 bits per heavy atom. The third kappa shape index (κ3) is 4.20. The van der Waals surface area contributed by atoms with Gasteiger partial charge in [0.15, 0.2) is 11.6 Å². The zero-order valence-electron chi connectivity index (χ0n) is 13.9. The van der Waals surface area contributed by atoms with Gasteiger partial charge >= 0.3 is 5.97 Å². The first kappa shape index (κ1) is 18.7. The minimum atomic E-state index is -4.12. The lowest BCUT2D eigenvalue weighted by Crippen LogP contribution is -2.08. The average molecular weight is 388 g/mol. The minimum absolute atomic E-state index is 0.0367. The summed E-state index contributed by atoms with van der Waals surface area (Å²) in [6.07, 6.45) is 0. The van der Waals surface area contributed by atoms with Crippen LogP contribution in [0.25, 0.3) is 0 Å². The summed E-state index contributed by atoms with van der Waals surface area (Å²) < 4.78 is 56.8. The Kier molecular flexibility index (Phi) is 5.32. The number of halogens is 2. The monoisotopic (exact) mass is 388 g/mol. The van der Waals surface area contributed by atoms with E-state index in [1.54, 1.807) is 24.3 Å². The molecule has 3 aromatic rings. The van der Waals surface area contributed by atoms with Crippen molar-refractivity contribution in [3.8, 4) is 0 Å². The van der Waals surface area contributed by atoms with Crippen LogP contribution < -0.4 is 0 Å². The molecule has 0 fully saturated rings. The molecule has 0 aliphatic heterocycles. The van der Waals surface area contributed by atoms with Crippen molar-refractivity contribution in [2.24, 2.45) is 0 Å². The first-order chi connectivity index (χ1) is 12.9. The molecule has 4 nitrogen and oxygen atoms in total. The van der Waals surface area contributed by atoms with Crippen LogP contribution in [0.15, 0.2) is 82.6 Å². The third-order valence-electron chi connectivity index (χ3n) is 3.79. The predicted molar refractivity (Wildman–Crippen MR) is 93.8 cm³/mol. The van der Waals surface area contributed by atoms with Crippen LogP contribution in [-0.2, 0) is 21.2 Å². The van der Waals surface area contributed by atoms with Crippen molar-refractivity contribution in [1.82, 2.24) is 0 Å². The molecule has 27 heavy (non-hydrogen) atoms. The van der Waals surface area contributed by atoms with E-state index in [2.05, 4.69) is 0 Å². The molecule has 0 aromatic heterocycles. The van der Waals surface area contributed by atoms with Crippen LogP contribution in [-0.4, -0.2) is 14.4 Å². The topological polar surface area (TPSA) is 60.4 Å². The fourth-order valence-corrected chi connectivity index (χ4v) is 3.69. The SMILES string of the molecule is O=C(OCc1ccccc1)c1cccc(S(=O)(=O)c2ccc(F)c(F)c2)c1. The molecule has 3 rings (SSSR count). The largest absolute Gasteiger partial charge is 0.457 e. The Bertz CT molecular complexity index is 1080. The molecule has 0 N–H and O–H groups in total.